The van der Waals surface area contributed by atoms with E-state index in [9.17, 15) is 19.4 Å². The van der Waals surface area contributed by atoms with Gasteiger partial charge in [0.1, 0.15) is 17.4 Å². The molecule has 0 radical (unpaired) electrons. The summed E-state index contributed by atoms with van der Waals surface area (Å²) in [6.45, 7) is 4.61. The molecule has 1 fully saturated rings. The maximum Gasteiger partial charge on any atom is 0.475 e. The highest BCUT2D eigenvalue weighted by atomic mass is 32.2. The van der Waals surface area contributed by atoms with Crippen LogP contribution in [-0.4, -0.2) is 62.5 Å². The molecule has 10 heteroatoms. The van der Waals surface area contributed by atoms with Crippen molar-refractivity contribution in [3.8, 4) is 0 Å². The molecule has 2 aromatic rings. The second-order valence-corrected chi connectivity index (χ2v) is 9.45. The number of nitrogens with zero attached hydrogens (tertiary/aromatic N) is 1. The zero-order valence-corrected chi connectivity index (χ0v) is 17.4. The van der Waals surface area contributed by atoms with Gasteiger partial charge in [-0.1, -0.05) is 18.2 Å². The summed E-state index contributed by atoms with van der Waals surface area (Å²) in [5, 5.41) is 22.8. The van der Waals surface area contributed by atoms with Crippen molar-refractivity contribution in [1.82, 2.24) is 9.62 Å². The Bertz CT molecular complexity index is 817. The molecule has 1 aromatic carbocycles. The maximum absolute atomic E-state index is 12.4. The van der Waals surface area contributed by atoms with E-state index in [1.54, 1.807) is 6.26 Å². The van der Waals surface area contributed by atoms with E-state index >= 15 is 0 Å². The smallest absolute Gasteiger partial charge is 0.475 e. The molecular formula is C19H27BN2O6S. The molecule has 0 aliphatic carbocycles. The van der Waals surface area contributed by atoms with Crippen molar-refractivity contribution in [2.75, 3.05) is 13.2 Å². The minimum atomic E-state index is -1.76. The lowest BCUT2D eigenvalue weighted by molar-refractivity contribution is 0.123. The molecule has 3 rings (SSSR count). The molecule has 0 saturated carbocycles. The van der Waals surface area contributed by atoms with E-state index < -0.39 is 30.5 Å². The Morgan fingerprint density at radius 3 is 2.93 bits per heavy atom. The SMILES string of the molecule is CC(C)[S+]([O-])N1CCCC1COC(=O)NC(Cc1coc2ccccc12)B(O)O. The fraction of sp³-hybridized carbons (Fsp3) is 0.526. The number of amides is 1. The second-order valence-electron chi connectivity index (χ2n) is 7.49. The van der Waals surface area contributed by atoms with Crippen molar-refractivity contribution in [3.05, 3.63) is 36.1 Å². The van der Waals surface area contributed by atoms with Crippen molar-refractivity contribution < 1.29 is 28.5 Å². The number of nitrogens with one attached hydrogen (secondary N) is 1. The summed E-state index contributed by atoms with van der Waals surface area (Å²) >= 11 is -1.11. The van der Waals surface area contributed by atoms with Gasteiger partial charge in [0, 0.05) is 23.3 Å². The van der Waals surface area contributed by atoms with Crippen LogP contribution in [0.25, 0.3) is 11.0 Å². The molecule has 0 spiro atoms. The predicted octanol–water partition coefficient (Wildman–Crippen LogP) is 1.62. The van der Waals surface area contributed by atoms with Crippen LogP contribution in [-0.2, 0) is 22.5 Å². The predicted molar refractivity (Wildman–Crippen MR) is 111 cm³/mol. The van der Waals surface area contributed by atoms with E-state index in [1.807, 2.05) is 42.4 Å². The number of fused-ring (bicyclic) bond motifs is 1. The number of hydrogen-bond donors (Lipinski definition) is 3. The quantitative estimate of drug-likeness (QED) is 0.437. The Labute approximate surface area is 173 Å². The number of alkyl carbamates (subject to hydrolysis) is 1. The van der Waals surface area contributed by atoms with Gasteiger partial charge in [0.2, 0.25) is 0 Å². The molecule has 0 bridgehead atoms. The Morgan fingerprint density at radius 1 is 1.45 bits per heavy atom. The van der Waals surface area contributed by atoms with E-state index in [4.69, 9.17) is 9.15 Å². The number of furan rings is 1. The zero-order valence-electron chi connectivity index (χ0n) is 16.6. The van der Waals surface area contributed by atoms with Gasteiger partial charge >= 0.3 is 13.2 Å². The van der Waals surface area contributed by atoms with Gasteiger partial charge in [-0.15, -0.1) is 4.31 Å². The number of ether oxygens (including phenoxy) is 1. The van der Waals surface area contributed by atoms with Gasteiger partial charge in [-0.2, -0.15) is 0 Å². The standard InChI is InChI=1S/C19H27BN2O6S/c1-13(2)29(26)22-9-5-6-15(22)12-28-19(23)21-18(20(24)25)10-14-11-27-17-8-4-3-7-16(14)17/h3-4,7-8,11,13,15,18,24-25H,5-6,9-10,12H2,1-2H3,(H,21,23). The minimum Gasteiger partial charge on any atom is -0.598 e. The first-order valence-corrected chi connectivity index (χ1v) is 11.0. The molecule has 8 nitrogen and oxygen atoms in total. The molecule has 1 saturated heterocycles. The lowest BCUT2D eigenvalue weighted by Gasteiger charge is -2.28. The largest absolute Gasteiger partial charge is 0.598 e. The van der Waals surface area contributed by atoms with Gasteiger partial charge in [0.25, 0.3) is 0 Å². The van der Waals surface area contributed by atoms with Crippen molar-refractivity contribution >= 4 is 35.5 Å². The van der Waals surface area contributed by atoms with Crippen LogP contribution in [0.4, 0.5) is 4.79 Å². The maximum atomic E-state index is 12.4. The molecule has 158 valence electrons. The monoisotopic (exact) mass is 422 g/mol. The van der Waals surface area contributed by atoms with Crippen LogP contribution in [0.2, 0.25) is 0 Å². The first-order valence-electron chi connectivity index (χ1n) is 9.78. The molecule has 1 aliphatic rings. The molecule has 3 N–H and O–H groups in total. The number of carbonyl (C=O) groups is 1. The van der Waals surface area contributed by atoms with Gasteiger partial charge in [0.05, 0.1) is 18.2 Å². The third kappa shape index (κ3) is 5.46. The normalized spacial score (nSPS) is 19.4. The Hall–Kier alpha value is -1.72. The van der Waals surface area contributed by atoms with Gasteiger partial charge < -0.3 is 29.1 Å². The highest BCUT2D eigenvalue weighted by Crippen LogP contribution is 2.24. The molecule has 3 unspecified atom stereocenters. The van der Waals surface area contributed by atoms with E-state index in [0.29, 0.717) is 12.1 Å². The Kier molecular flexibility index (Phi) is 7.47. The Balaban J connectivity index is 1.56. The zero-order chi connectivity index (χ0) is 21.0. The van der Waals surface area contributed by atoms with Gasteiger partial charge in [-0.25, -0.2) is 4.79 Å². The summed E-state index contributed by atoms with van der Waals surface area (Å²) < 4.78 is 25.0. The fourth-order valence-electron chi connectivity index (χ4n) is 3.51. The number of benzene rings is 1. The Morgan fingerprint density at radius 2 is 2.21 bits per heavy atom. The number of para-hydroxylation sites is 1. The van der Waals surface area contributed by atoms with Crippen LogP contribution in [0.3, 0.4) is 0 Å². The van der Waals surface area contributed by atoms with E-state index in [0.717, 1.165) is 23.8 Å². The molecule has 3 atom stereocenters. The summed E-state index contributed by atoms with van der Waals surface area (Å²) in [5.74, 6) is -0.951. The lowest BCUT2D eigenvalue weighted by atomic mass is 9.76. The third-order valence-corrected chi connectivity index (χ3v) is 6.78. The lowest BCUT2D eigenvalue weighted by Crippen LogP contribution is -2.49. The number of carbonyl (C=O) groups excluding carboxylic acids is 1. The third-order valence-electron chi connectivity index (χ3n) is 5.03. The number of hydrogen-bond acceptors (Lipinski definition) is 7. The second kappa shape index (κ2) is 9.86. The van der Waals surface area contributed by atoms with Crippen LogP contribution in [0, 0.1) is 0 Å². The van der Waals surface area contributed by atoms with Crippen LogP contribution in [0.5, 0.6) is 0 Å². The van der Waals surface area contributed by atoms with E-state index in [-0.39, 0.29) is 24.3 Å². The molecule has 1 aromatic heterocycles. The van der Waals surface area contributed by atoms with E-state index in [2.05, 4.69) is 5.32 Å². The van der Waals surface area contributed by atoms with Gasteiger partial charge in [-0.3, -0.25) is 0 Å². The van der Waals surface area contributed by atoms with Crippen molar-refractivity contribution in [1.29, 1.82) is 0 Å². The fourth-order valence-corrected chi connectivity index (χ4v) is 4.82. The molecule has 1 amide bonds. The van der Waals surface area contributed by atoms with Gasteiger partial charge in [-0.05, 0) is 44.7 Å². The molecule has 2 heterocycles. The van der Waals surface area contributed by atoms with E-state index in [1.165, 1.54) is 0 Å². The van der Waals surface area contributed by atoms with Crippen LogP contribution in [0.1, 0.15) is 32.3 Å². The first-order chi connectivity index (χ1) is 13.9. The van der Waals surface area contributed by atoms with Gasteiger partial charge in [0.15, 0.2) is 0 Å². The first kappa shape index (κ1) is 22.0. The van der Waals surface area contributed by atoms with Crippen LogP contribution >= 0.6 is 0 Å². The van der Waals surface area contributed by atoms with Crippen LogP contribution < -0.4 is 5.32 Å². The molecule has 1 aliphatic heterocycles. The summed E-state index contributed by atoms with van der Waals surface area (Å²) in [4.78, 5) is 12.2. The topological polar surface area (TPSA) is 118 Å². The highest BCUT2D eigenvalue weighted by Gasteiger charge is 2.36. The van der Waals surface area contributed by atoms with Crippen molar-refractivity contribution in [2.45, 2.75) is 50.3 Å². The summed E-state index contributed by atoms with van der Waals surface area (Å²) in [6.07, 6.45) is 2.69. The average molecular weight is 422 g/mol. The minimum absolute atomic E-state index is 0.00289. The molecular weight excluding hydrogens is 395 g/mol. The highest BCUT2D eigenvalue weighted by molar-refractivity contribution is 7.89. The summed E-state index contributed by atoms with van der Waals surface area (Å²) in [5.41, 5.74) is 1.45. The van der Waals surface area contributed by atoms with Crippen LogP contribution in [0.15, 0.2) is 34.9 Å². The van der Waals surface area contributed by atoms with Crippen molar-refractivity contribution in [3.63, 3.8) is 0 Å². The number of rotatable bonds is 8. The molecule has 29 heavy (non-hydrogen) atoms. The summed E-state index contributed by atoms with van der Waals surface area (Å²) in [6, 6.07) is 7.31. The summed E-state index contributed by atoms with van der Waals surface area (Å²) in [7, 11) is -1.76. The average Bonchev–Trinajstić information content (AvgIpc) is 3.32. The van der Waals surface area contributed by atoms with Crippen molar-refractivity contribution in [2.24, 2.45) is 0 Å².